The molecule has 0 radical (unpaired) electrons. The molecule has 0 aromatic heterocycles. The zero-order valence-electron chi connectivity index (χ0n) is 15.3. The lowest BCUT2D eigenvalue weighted by Gasteiger charge is -2.24. The summed E-state index contributed by atoms with van der Waals surface area (Å²) in [4.78, 5) is 0.296. The lowest BCUT2D eigenvalue weighted by molar-refractivity contribution is 0.237. The van der Waals surface area contributed by atoms with Gasteiger partial charge in [0.2, 0.25) is 10.0 Å². The summed E-state index contributed by atoms with van der Waals surface area (Å²) in [6.45, 7) is 3.79. The molecule has 2 aromatic carbocycles. The summed E-state index contributed by atoms with van der Waals surface area (Å²) in [5.74, 6) is 0. The third-order valence-electron chi connectivity index (χ3n) is 4.61. The molecule has 0 spiro atoms. The molecule has 0 saturated carbocycles. The van der Waals surface area contributed by atoms with Gasteiger partial charge in [-0.1, -0.05) is 24.3 Å². The molecule has 6 nitrogen and oxygen atoms in total. The Morgan fingerprint density at radius 1 is 0.963 bits per heavy atom. The van der Waals surface area contributed by atoms with E-state index in [1.54, 1.807) is 37.3 Å². The van der Waals surface area contributed by atoms with E-state index in [0.717, 1.165) is 11.1 Å². The van der Waals surface area contributed by atoms with Crippen molar-refractivity contribution in [3.8, 4) is 0 Å². The van der Waals surface area contributed by atoms with Gasteiger partial charge in [-0.25, -0.2) is 8.42 Å². The van der Waals surface area contributed by atoms with E-state index in [9.17, 15) is 16.8 Å². The lowest BCUT2D eigenvalue weighted by Crippen LogP contribution is -2.38. The van der Waals surface area contributed by atoms with Crippen LogP contribution in [-0.4, -0.2) is 40.3 Å². The van der Waals surface area contributed by atoms with Crippen LogP contribution in [0.5, 0.6) is 0 Å². The van der Waals surface area contributed by atoms with Crippen LogP contribution in [0.1, 0.15) is 24.0 Å². The second-order valence-electron chi connectivity index (χ2n) is 6.78. The van der Waals surface area contributed by atoms with E-state index in [4.69, 9.17) is 4.18 Å². The number of hydrogen-bond donors (Lipinski definition) is 0. The van der Waals surface area contributed by atoms with Gasteiger partial charge in [0.25, 0.3) is 10.1 Å². The van der Waals surface area contributed by atoms with Crippen LogP contribution < -0.4 is 0 Å². The Kier molecular flexibility index (Phi) is 5.71. The first kappa shape index (κ1) is 20.0. The van der Waals surface area contributed by atoms with Gasteiger partial charge in [0.05, 0.1) is 22.4 Å². The summed E-state index contributed by atoms with van der Waals surface area (Å²) >= 11 is 0. The standard InChI is InChI=1S/C19H23NO5S2/c1-15-6-3-9-18(12-15)26(21,22)20-11-5-8-17(20)14-25-27(23,24)19-10-4-7-16(2)13-19/h3-4,6-7,9-10,12-13,17H,5,8,11,14H2,1-2H3/t17-/m0/s1. The topological polar surface area (TPSA) is 80.8 Å². The number of nitrogens with zero attached hydrogens (tertiary/aromatic N) is 1. The molecule has 8 heteroatoms. The SMILES string of the molecule is Cc1cccc(S(=O)(=O)OC[C@@H]2CCCN2S(=O)(=O)c2cccc(C)c2)c1. The number of benzene rings is 2. The quantitative estimate of drug-likeness (QED) is 0.686. The molecule has 0 aliphatic carbocycles. The van der Waals surface area contributed by atoms with Crippen molar-refractivity contribution in [2.75, 3.05) is 13.2 Å². The minimum Gasteiger partial charge on any atom is -0.265 e. The van der Waals surface area contributed by atoms with E-state index in [0.29, 0.717) is 19.4 Å². The van der Waals surface area contributed by atoms with Gasteiger partial charge in [-0.3, -0.25) is 4.18 Å². The fourth-order valence-corrected chi connectivity index (χ4v) is 6.04. The Balaban J connectivity index is 1.77. The molecule has 1 aliphatic rings. The number of hydrogen-bond acceptors (Lipinski definition) is 5. The van der Waals surface area contributed by atoms with Crippen molar-refractivity contribution in [1.82, 2.24) is 4.31 Å². The second kappa shape index (κ2) is 7.71. The predicted molar refractivity (Wildman–Crippen MR) is 102 cm³/mol. The summed E-state index contributed by atoms with van der Waals surface area (Å²) < 4.78 is 57.3. The highest BCUT2D eigenvalue weighted by molar-refractivity contribution is 7.89. The van der Waals surface area contributed by atoms with E-state index in [-0.39, 0.29) is 16.4 Å². The van der Waals surface area contributed by atoms with Gasteiger partial charge < -0.3 is 0 Å². The molecule has 1 heterocycles. The molecule has 0 N–H and O–H groups in total. The minimum atomic E-state index is -3.93. The molecule has 1 atom stereocenters. The van der Waals surface area contributed by atoms with Crippen molar-refractivity contribution in [3.63, 3.8) is 0 Å². The zero-order valence-corrected chi connectivity index (χ0v) is 17.0. The van der Waals surface area contributed by atoms with Gasteiger partial charge in [-0.05, 0) is 62.1 Å². The van der Waals surface area contributed by atoms with E-state index in [2.05, 4.69) is 0 Å². The van der Waals surface area contributed by atoms with Crippen LogP contribution in [-0.2, 0) is 24.3 Å². The van der Waals surface area contributed by atoms with Crippen LogP contribution in [0.3, 0.4) is 0 Å². The van der Waals surface area contributed by atoms with Crippen molar-refractivity contribution >= 4 is 20.1 Å². The number of aryl methyl sites for hydroxylation is 2. The van der Waals surface area contributed by atoms with Gasteiger partial charge in [0.1, 0.15) is 0 Å². The van der Waals surface area contributed by atoms with Gasteiger partial charge in [-0.15, -0.1) is 0 Å². The van der Waals surface area contributed by atoms with Gasteiger partial charge in [-0.2, -0.15) is 12.7 Å². The summed E-state index contributed by atoms with van der Waals surface area (Å²) in [6.07, 6.45) is 1.23. The molecule has 1 saturated heterocycles. The maximum atomic E-state index is 13.0. The molecule has 0 amide bonds. The summed E-state index contributed by atoms with van der Waals surface area (Å²) in [5.41, 5.74) is 1.66. The fraction of sp³-hybridized carbons (Fsp3) is 0.368. The molecule has 146 valence electrons. The smallest absolute Gasteiger partial charge is 0.265 e. The van der Waals surface area contributed by atoms with Crippen molar-refractivity contribution in [3.05, 3.63) is 59.7 Å². The molecule has 0 unspecified atom stereocenters. The van der Waals surface area contributed by atoms with Crippen LogP contribution in [0, 0.1) is 13.8 Å². The van der Waals surface area contributed by atoms with Crippen molar-refractivity contribution in [2.45, 2.75) is 42.5 Å². The van der Waals surface area contributed by atoms with E-state index in [1.165, 1.54) is 16.4 Å². The van der Waals surface area contributed by atoms with Crippen LogP contribution in [0.25, 0.3) is 0 Å². The summed E-state index contributed by atoms with van der Waals surface area (Å²) in [5, 5.41) is 0. The summed E-state index contributed by atoms with van der Waals surface area (Å²) in [6, 6.07) is 12.7. The van der Waals surface area contributed by atoms with Crippen molar-refractivity contribution in [2.24, 2.45) is 0 Å². The molecular weight excluding hydrogens is 386 g/mol. The van der Waals surface area contributed by atoms with Crippen LogP contribution >= 0.6 is 0 Å². The largest absolute Gasteiger partial charge is 0.297 e. The number of rotatable bonds is 6. The minimum absolute atomic E-state index is 0.0774. The summed E-state index contributed by atoms with van der Waals surface area (Å²) in [7, 11) is -7.62. The van der Waals surface area contributed by atoms with Crippen LogP contribution in [0.15, 0.2) is 58.3 Å². The maximum absolute atomic E-state index is 13.0. The first-order chi connectivity index (χ1) is 12.7. The normalized spacial score (nSPS) is 18.7. The highest BCUT2D eigenvalue weighted by atomic mass is 32.2. The Bertz CT molecular complexity index is 1030. The molecule has 27 heavy (non-hydrogen) atoms. The monoisotopic (exact) mass is 409 g/mol. The predicted octanol–water partition coefficient (Wildman–Crippen LogP) is 2.86. The van der Waals surface area contributed by atoms with Crippen molar-refractivity contribution < 1.29 is 21.0 Å². The highest BCUT2D eigenvalue weighted by Crippen LogP contribution is 2.27. The first-order valence-corrected chi connectivity index (χ1v) is 11.6. The molecule has 1 fully saturated rings. The lowest BCUT2D eigenvalue weighted by atomic mass is 10.2. The van der Waals surface area contributed by atoms with Crippen molar-refractivity contribution in [1.29, 1.82) is 0 Å². The molecule has 0 bridgehead atoms. The molecular formula is C19H23NO5S2. The molecule has 3 rings (SSSR count). The third-order valence-corrected chi connectivity index (χ3v) is 7.84. The van der Waals surface area contributed by atoms with E-state index >= 15 is 0 Å². The van der Waals surface area contributed by atoms with Crippen LogP contribution in [0.2, 0.25) is 0 Å². The van der Waals surface area contributed by atoms with E-state index < -0.39 is 26.2 Å². The Morgan fingerprint density at radius 2 is 1.56 bits per heavy atom. The van der Waals surface area contributed by atoms with Gasteiger partial charge in [0.15, 0.2) is 0 Å². The van der Waals surface area contributed by atoms with Gasteiger partial charge in [0, 0.05) is 6.54 Å². The highest BCUT2D eigenvalue weighted by Gasteiger charge is 2.36. The third kappa shape index (κ3) is 4.40. The van der Waals surface area contributed by atoms with E-state index in [1.807, 2.05) is 13.0 Å². The number of sulfonamides is 1. The Hall–Kier alpha value is -1.74. The van der Waals surface area contributed by atoms with Crippen LogP contribution in [0.4, 0.5) is 0 Å². The average Bonchev–Trinajstić information content (AvgIpc) is 3.10. The maximum Gasteiger partial charge on any atom is 0.297 e. The second-order valence-corrected chi connectivity index (χ2v) is 10.3. The fourth-order valence-electron chi connectivity index (χ4n) is 3.21. The Labute approximate surface area is 161 Å². The Morgan fingerprint density at radius 3 is 2.19 bits per heavy atom. The van der Waals surface area contributed by atoms with Gasteiger partial charge >= 0.3 is 0 Å². The molecule has 2 aromatic rings. The first-order valence-electron chi connectivity index (χ1n) is 8.75. The molecule has 1 aliphatic heterocycles. The average molecular weight is 410 g/mol. The zero-order chi connectivity index (χ0) is 19.7.